The molecule has 0 aliphatic carbocycles. The van der Waals surface area contributed by atoms with Gasteiger partial charge in [-0.05, 0) is 13.8 Å². The molecular formula is C13H18N6O. The summed E-state index contributed by atoms with van der Waals surface area (Å²) in [5.74, 6) is 0.903. The molecule has 1 fully saturated rings. The van der Waals surface area contributed by atoms with E-state index in [1.165, 1.54) is 0 Å². The van der Waals surface area contributed by atoms with Crippen LogP contribution in [0.2, 0.25) is 0 Å². The average molecular weight is 274 g/mol. The Labute approximate surface area is 117 Å². The first-order valence-electron chi connectivity index (χ1n) is 6.74. The number of fused-ring (bicyclic) bond motifs is 1. The van der Waals surface area contributed by atoms with Crippen molar-refractivity contribution in [3.05, 3.63) is 23.5 Å². The Morgan fingerprint density at radius 3 is 2.95 bits per heavy atom. The van der Waals surface area contributed by atoms with Gasteiger partial charge in [-0.25, -0.2) is 9.78 Å². The molecule has 0 radical (unpaired) electrons. The first-order valence-corrected chi connectivity index (χ1v) is 6.74. The third kappa shape index (κ3) is 2.38. The van der Waals surface area contributed by atoms with Crippen LogP contribution in [0.25, 0.3) is 5.65 Å². The van der Waals surface area contributed by atoms with Crippen molar-refractivity contribution in [1.82, 2.24) is 24.8 Å². The largest absolute Gasteiger partial charge is 0.368 e. The lowest BCUT2D eigenvalue weighted by Gasteiger charge is -2.15. The lowest BCUT2D eigenvalue weighted by molar-refractivity contribution is 0.219. The average Bonchev–Trinajstić information content (AvgIpc) is 2.95. The molecule has 1 saturated heterocycles. The molecule has 1 aliphatic rings. The number of carbonyl (C=O) groups excluding carboxylic acids is 1. The molecule has 106 valence electrons. The fourth-order valence-electron chi connectivity index (χ4n) is 2.38. The molecule has 3 heterocycles. The maximum atomic E-state index is 11.4. The van der Waals surface area contributed by atoms with E-state index in [2.05, 4.69) is 20.7 Å². The van der Waals surface area contributed by atoms with Gasteiger partial charge in [-0.3, -0.25) is 0 Å². The van der Waals surface area contributed by atoms with E-state index in [-0.39, 0.29) is 6.03 Å². The van der Waals surface area contributed by atoms with E-state index in [1.54, 1.807) is 9.42 Å². The highest BCUT2D eigenvalue weighted by Gasteiger charge is 2.18. The lowest BCUT2D eigenvalue weighted by atomic mass is 10.4. The smallest absolute Gasteiger partial charge is 0.317 e. The molecule has 0 spiro atoms. The second kappa shape index (κ2) is 4.99. The number of urea groups is 1. The van der Waals surface area contributed by atoms with Crippen LogP contribution in [0.4, 0.5) is 10.6 Å². The number of amides is 2. The number of hydrogen-bond donors (Lipinski definition) is 2. The van der Waals surface area contributed by atoms with Crippen LogP contribution in [-0.4, -0.2) is 51.7 Å². The summed E-state index contributed by atoms with van der Waals surface area (Å²) in [6.45, 7) is 6.77. The van der Waals surface area contributed by atoms with Crippen molar-refractivity contribution in [2.45, 2.75) is 13.8 Å². The molecule has 2 aromatic rings. The second-order valence-corrected chi connectivity index (χ2v) is 4.98. The van der Waals surface area contributed by atoms with Crippen molar-refractivity contribution in [3.63, 3.8) is 0 Å². The van der Waals surface area contributed by atoms with Crippen molar-refractivity contribution in [2.75, 3.05) is 31.5 Å². The van der Waals surface area contributed by atoms with Crippen LogP contribution in [-0.2, 0) is 0 Å². The molecule has 0 atom stereocenters. The summed E-state index contributed by atoms with van der Waals surface area (Å²) in [6.07, 6.45) is 0. The topological polar surface area (TPSA) is 74.6 Å². The highest BCUT2D eigenvalue weighted by molar-refractivity contribution is 5.76. The minimum Gasteiger partial charge on any atom is -0.368 e. The molecule has 3 rings (SSSR count). The summed E-state index contributed by atoms with van der Waals surface area (Å²) in [4.78, 5) is 17.7. The second-order valence-electron chi connectivity index (χ2n) is 4.98. The number of carbonyl (C=O) groups is 1. The van der Waals surface area contributed by atoms with Gasteiger partial charge in [0.25, 0.3) is 0 Å². The SMILES string of the molecule is Cc1cc(NCCN2CCNC2=O)n2nc(C)cc2n1. The standard InChI is InChI=1S/C13H18N6O/c1-9-7-11(19-12(16-9)8-10(2)17-19)14-3-5-18-6-4-15-13(18)20/h7-8,14H,3-6H2,1-2H3,(H,15,20). The molecule has 7 heteroatoms. The van der Waals surface area contributed by atoms with Crippen LogP contribution in [0, 0.1) is 13.8 Å². The molecular weight excluding hydrogens is 256 g/mol. The van der Waals surface area contributed by atoms with Gasteiger partial charge in [-0.2, -0.15) is 9.61 Å². The highest BCUT2D eigenvalue weighted by Crippen LogP contribution is 2.13. The van der Waals surface area contributed by atoms with Crippen molar-refractivity contribution >= 4 is 17.5 Å². The Morgan fingerprint density at radius 1 is 1.35 bits per heavy atom. The van der Waals surface area contributed by atoms with Crippen LogP contribution < -0.4 is 10.6 Å². The number of rotatable bonds is 4. The van der Waals surface area contributed by atoms with Crippen molar-refractivity contribution in [2.24, 2.45) is 0 Å². The van der Waals surface area contributed by atoms with Gasteiger partial charge in [-0.1, -0.05) is 0 Å². The molecule has 1 aliphatic heterocycles. The summed E-state index contributed by atoms with van der Waals surface area (Å²) < 4.78 is 1.80. The molecule has 20 heavy (non-hydrogen) atoms. The Balaban J connectivity index is 1.72. The summed E-state index contributed by atoms with van der Waals surface area (Å²) in [5, 5.41) is 10.5. The van der Waals surface area contributed by atoms with Crippen LogP contribution >= 0.6 is 0 Å². The number of nitrogens with one attached hydrogen (secondary N) is 2. The fourth-order valence-corrected chi connectivity index (χ4v) is 2.38. The molecule has 2 N–H and O–H groups in total. The monoisotopic (exact) mass is 274 g/mol. The van der Waals surface area contributed by atoms with Crippen LogP contribution in [0.5, 0.6) is 0 Å². The van der Waals surface area contributed by atoms with Crippen LogP contribution in [0.3, 0.4) is 0 Å². The molecule has 0 saturated carbocycles. The van der Waals surface area contributed by atoms with Gasteiger partial charge >= 0.3 is 6.03 Å². The predicted octanol–water partition coefficient (Wildman–Crippen LogP) is 0.783. The van der Waals surface area contributed by atoms with E-state index in [0.29, 0.717) is 13.1 Å². The van der Waals surface area contributed by atoms with Crippen molar-refractivity contribution in [3.8, 4) is 0 Å². The van der Waals surface area contributed by atoms with Crippen LogP contribution in [0.15, 0.2) is 12.1 Å². The molecule has 2 amide bonds. The predicted molar refractivity (Wildman–Crippen MR) is 75.9 cm³/mol. The molecule has 0 bridgehead atoms. The van der Waals surface area contributed by atoms with E-state index >= 15 is 0 Å². The van der Waals surface area contributed by atoms with Gasteiger partial charge in [0.15, 0.2) is 5.65 Å². The van der Waals surface area contributed by atoms with E-state index in [0.717, 1.165) is 35.9 Å². The number of hydrogen-bond acceptors (Lipinski definition) is 4. The zero-order valence-corrected chi connectivity index (χ0v) is 11.7. The zero-order chi connectivity index (χ0) is 14.1. The Hall–Kier alpha value is -2.31. The molecule has 2 aromatic heterocycles. The van der Waals surface area contributed by atoms with Crippen LogP contribution in [0.1, 0.15) is 11.4 Å². The number of aryl methyl sites for hydroxylation is 2. The van der Waals surface area contributed by atoms with E-state index in [4.69, 9.17) is 0 Å². The van der Waals surface area contributed by atoms with E-state index < -0.39 is 0 Å². The first-order chi connectivity index (χ1) is 9.63. The van der Waals surface area contributed by atoms with E-state index in [1.807, 2.05) is 26.0 Å². The van der Waals surface area contributed by atoms with Gasteiger partial charge in [0.2, 0.25) is 0 Å². The molecule has 7 nitrogen and oxygen atoms in total. The summed E-state index contributed by atoms with van der Waals surface area (Å²) in [7, 11) is 0. The third-order valence-electron chi connectivity index (χ3n) is 3.31. The van der Waals surface area contributed by atoms with Crippen molar-refractivity contribution in [1.29, 1.82) is 0 Å². The van der Waals surface area contributed by atoms with Gasteiger partial charge in [-0.15, -0.1) is 0 Å². The summed E-state index contributed by atoms with van der Waals surface area (Å²) >= 11 is 0. The van der Waals surface area contributed by atoms with Gasteiger partial charge in [0, 0.05) is 44.0 Å². The molecule has 0 unspecified atom stereocenters. The molecule has 0 aromatic carbocycles. The number of aromatic nitrogens is 3. The summed E-state index contributed by atoms with van der Waals surface area (Å²) in [6, 6.07) is 3.92. The maximum absolute atomic E-state index is 11.4. The maximum Gasteiger partial charge on any atom is 0.317 e. The minimum atomic E-state index is 0.0118. The lowest BCUT2D eigenvalue weighted by Crippen LogP contribution is -2.32. The zero-order valence-electron chi connectivity index (χ0n) is 11.7. The van der Waals surface area contributed by atoms with Crippen molar-refractivity contribution < 1.29 is 4.79 Å². The van der Waals surface area contributed by atoms with Gasteiger partial charge < -0.3 is 15.5 Å². The fraction of sp³-hybridized carbons (Fsp3) is 0.462. The number of nitrogens with zero attached hydrogens (tertiary/aromatic N) is 4. The Kier molecular flexibility index (Phi) is 3.17. The highest BCUT2D eigenvalue weighted by atomic mass is 16.2. The first kappa shape index (κ1) is 12.7. The third-order valence-corrected chi connectivity index (χ3v) is 3.31. The number of anilines is 1. The minimum absolute atomic E-state index is 0.0118. The van der Waals surface area contributed by atoms with Gasteiger partial charge in [0.05, 0.1) is 5.69 Å². The Morgan fingerprint density at radius 2 is 2.20 bits per heavy atom. The summed E-state index contributed by atoms with van der Waals surface area (Å²) in [5.41, 5.74) is 2.72. The normalized spacial score (nSPS) is 14.9. The van der Waals surface area contributed by atoms with E-state index in [9.17, 15) is 4.79 Å². The quantitative estimate of drug-likeness (QED) is 0.864. The Bertz CT molecular complexity index is 650. The van der Waals surface area contributed by atoms with Gasteiger partial charge in [0.1, 0.15) is 5.82 Å².